The van der Waals surface area contributed by atoms with Crippen LogP contribution in [0.15, 0.2) is 30.2 Å². The van der Waals surface area contributed by atoms with Crippen molar-refractivity contribution in [2.75, 3.05) is 6.54 Å². The lowest BCUT2D eigenvalue weighted by Crippen LogP contribution is -2.30. The van der Waals surface area contributed by atoms with Gasteiger partial charge in [-0.3, -0.25) is 0 Å². The van der Waals surface area contributed by atoms with Gasteiger partial charge in [0, 0.05) is 10.9 Å². The second kappa shape index (κ2) is 6.80. The predicted octanol–water partition coefficient (Wildman–Crippen LogP) is 3.23. The van der Waals surface area contributed by atoms with Gasteiger partial charge in [-0.25, -0.2) is 0 Å². The van der Waals surface area contributed by atoms with Crippen LogP contribution in [0.2, 0.25) is 0 Å². The zero-order chi connectivity index (χ0) is 10.2. The van der Waals surface area contributed by atoms with Crippen LogP contribution in [0.1, 0.15) is 24.6 Å². The van der Waals surface area contributed by atoms with Crippen molar-refractivity contribution in [1.29, 1.82) is 0 Å². The molecule has 0 aliphatic heterocycles. The SMILES string of the molecule is C=CCCC(Cc1cccs1)NCC. The van der Waals surface area contributed by atoms with Gasteiger partial charge in [-0.2, -0.15) is 0 Å². The summed E-state index contributed by atoms with van der Waals surface area (Å²) >= 11 is 1.84. The van der Waals surface area contributed by atoms with Crippen molar-refractivity contribution >= 4 is 11.3 Å². The van der Waals surface area contributed by atoms with Crippen molar-refractivity contribution < 1.29 is 0 Å². The number of nitrogens with one attached hydrogen (secondary N) is 1. The Labute approximate surface area is 90.9 Å². The molecule has 1 heterocycles. The molecule has 1 aromatic rings. The minimum Gasteiger partial charge on any atom is -0.314 e. The molecule has 0 spiro atoms. The summed E-state index contributed by atoms with van der Waals surface area (Å²) in [6.45, 7) is 6.98. The van der Waals surface area contributed by atoms with E-state index in [1.54, 1.807) is 0 Å². The molecule has 1 aromatic heterocycles. The second-order valence-electron chi connectivity index (χ2n) is 3.40. The maximum absolute atomic E-state index is 3.76. The average Bonchev–Trinajstić information content (AvgIpc) is 2.67. The molecule has 0 saturated heterocycles. The first-order chi connectivity index (χ1) is 6.86. The number of allylic oxidation sites excluding steroid dienone is 1. The van der Waals surface area contributed by atoms with Crippen molar-refractivity contribution in [1.82, 2.24) is 5.32 Å². The lowest BCUT2D eigenvalue weighted by atomic mass is 10.1. The third kappa shape index (κ3) is 4.07. The highest BCUT2D eigenvalue weighted by Gasteiger charge is 2.07. The highest BCUT2D eigenvalue weighted by Crippen LogP contribution is 2.13. The highest BCUT2D eigenvalue weighted by atomic mass is 32.1. The standard InChI is InChI=1S/C12H19NS/c1-3-5-7-11(13-4-2)10-12-8-6-9-14-12/h3,6,8-9,11,13H,1,4-5,7,10H2,2H3. The summed E-state index contributed by atoms with van der Waals surface area (Å²) in [6.07, 6.45) is 5.44. The molecule has 0 amide bonds. The first-order valence-electron chi connectivity index (χ1n) is 5.23. The molecule has 1 unspecified atom stereocenters. The lowest BCUT2D eigenvalue weighted by Gasteiger charge is -2.15. The lowest BCUT2D eigenvalue weighted by molar-refractivity contribution is 0.497. The van der Waals surface area contributed by atoms with Gasteiger partial charge in [0.25, 0.3) is 0 Å². The van der Waals surface area contributed by atoms with Gasteiger partial charge in [0.15, 0.2) is 0 Å². The largest absolute Gasteiger partial charge is 0.314 e. The third-order valence-corrected chi connectivity index (χ3v) is 3.14. The van der Waals surface area contributed by atoms with E-state index in [1.165, 1.54) is 11.3 Å². The molecule has 0 aliphatic rings. The van der Waals surface area contributed by atoms with Crippen LogP contribution in [0.5, 0.6) is 0 Å². The Balaban J connectivity index is 2.38. The monoisotopic (exact) mass is 209 g/mol. The Morgan fingerprint density at radius 1 is 1.64 bits per heavy atom. The molecular weight excluding hydrogens is 190 g/mol. The summed E-state index contributed by atoms with van der Waals surface area (Å²) in [5.74, 6) is 0. The molecule has 0 aliphatic carbocycles. The summed E-state index contributed by atoms with van der Waals surface area (Å²) in [6, 6.07) is 4.94. The molecule has 1 rings (SSSR count). The van der Waals surface area contributed by atoms with Crippen LogP contribution >= 0.6 is 11.3 Å². The van der Waals surface area contributed by atoms with Crippen LogP contribution < -0.4 is 5.32 Å². The van der Waals surface area contributed by atoms with Gasteiger partial charge in [-0.1, -0.05) is 19.1 Å². The molecule has 1 nitrogen and oxygen atoms in total. The number of hydrogen-bond acceptors (Lipinski definition) is 2. The summed E-state index contributed by atoms with van der Waals surface area (Å²) in [5, 5.41) is 5.66. The quantitative estimate of drug-likeness (QED) is 0.680. The minimum atomic E-state index is 0.608. The van der Waals surface area contributed by atoms with E-state index in [1.807, 2.05) is 17.4 Å². The molecular formula is C12H19NS. The third-order valence-electron chi connectivity index (χ3n) is 2.24. The molecule has 0 saturated carbocycles. The zero-order valence-electron chi connectivity index (χ0n) is 8.83. The molecule has 14 heavy (non-hydrogen) atoms. The molecule has 0 fully saturated rings. The fraction of sp³-hybridized carbons (Fsp3) is 0.500. The minimum absolute atomic E-state index is 0.608. The van der Waals surface area contributed by atoms with Gasteiger partial charge in [0.2, 0.25) is 0 Å². The molecule has 0 bridgehead atoms. The van der Waals surface area contributed by atoms with Gasteiger partial charge in [0.05, 0.1) is 0 Å². The predicted molar refractivity (Wildman–Crippen MR) is 64.9 cm³/mol. The summed E-state index contributed by atoms with van der Waals surface area (Å²) in [4.78, 5) is 1.47. The topological polar surface area (TPSA) is 12.0 Å². The van der Waals surface area contributed by atoms with E-state index < -0.39 is 0 Å². The van der Waals surface area contributed by atoms with E-state index in [2.05, 4.69) is 36.3 Å². The van der Waals surface area contributed by atoms with Crippen molar-refractivity contribution in [3.05, 3.63) is 35.0 Å². The zero-order valence-corrected chi connectivity index (χ0v) is 9.65. The Hall–Kier alpha value is -0.600. The van der Waals surface area contributed by atoms with E-state index >= 15 is 0 Å². The Kier molecular flexibility index (Phi) is 5.57. The van der Waals surface area contributed by atoms with Crippen LogP contribution in [0.25, 0.3) is 0 Å². The van der Waals surface area contributed by atoms with Gasteiger partial charge in [0.1, 0.15) is 0 Å². The summed E-state index contributed by atoms with van der Waals surface area (Å²) < 4.78 is 0. The molecule has 78 valence electrons. The van der Waals surface area contributed by atoms with Crippen LogP contribution in [0, 0.1) is 0 Å². The van der Waals surface area contributed by atoms with Crippen molar-refractivity contribution in [2.45, 2.75) is 32.2 Å². The second-order valence-corrected chi connectivity index (χ2v) is 4.44. The summed E-state index contributed by atoms with van der Waals surface area (Å²) in [7, 11) is 0. The molecule has 1 atom stereocenters. The van der Waals surface area contributed by atoms with E-state index in [0.717, 1.165) is 19.4 Å². The number of likely N-dealkylation sites (N-methyl/N-ethyl adjacent to an activating group) is 1. The molecule has 0 aromatic carbocycles. The smallest absolute Gasteiger partial charge is 0.0118 e. The normalized spacial score (nSPS) is 12.6. The van der Waals surface area contributed by atoms with Crippen LogP contribution in [0.3, 0.4) is 0 Å². The van der Waals surface area contributed by atoms with Crippen LogP contribution in [0.4, 0.5) is 0 Å². The number of rotatable bonds is 7. The maximum Gasteiger partial charge on any atom is 0.0118 e. The van der Waals surface area contributed by atoms with Gasteiger partial charge >= 0.3 is 0 Å². The van der Waals surface area contributed by atoms with Crippen LogP contribution in [-0.2, 0) is 6.42 Å². The fourth-order valence-corrected chi connectivity index (χ4v) is 2.34. The van der Waals surface area contributed by atoms with Crippen LogP contribution in [-0.4, -0.2) is 12.6 Å². The van der Waals surface area contributed by atoms with Crippen molar-refractivity contribution in [3.63, 3.8) is 0 Å². The average molecular weight is 209 g/mol. The van der Waals surface area contributed by atoms with Crippen molar-refractivity contribution in [2.24, 2.45) is 0 Å². The fourth-order valence-electron chi connectivity index (χ4n) is 1.56. The number of thiophene rings is 1. The first kappa shape index (κ1) is 11.5. The van der Waals surface area contributed by atoms with E-state index in [-0.39, 0.29) is 0 Å². The van der Waals surface area contributed by atoms with E-state index in [9.17, 15) is 0 Å². The van der Waals surface area contributed by atoms with Gasteiger partial charge < -0.3 is 5.32 Å². The van der Waals surface area contributed by atoms with E-state index in [4.69, 9.17) is 0 Å². The Morgan fingerprint density at radius 2 is 2.50 bits per heavy atom. The first-order valence-corrected chi connectivity index (χ1v) is 6.11. The van der Waals surface area contributed by atoms with Crippen molar-refractivity contribution in [3.8, 4) is 0 Å². The highest BCUT2D eigenvalue weighted by molar-refractivity contribution is 7.09. The molecule has 0 radical (unpaired) electrons. The molecule has 2 heteroatoms. The number of hydrogen-bond donors (Lipinski definition) is 1. The van der Waals surface area contributed by atoms with Gasteiger partial charge in [-0.05, 0) is 37.3 Å². The molecule has 1 N–H and O–H groups in total. The van der Waals surface area contributed by atoms with Gasteiger partial charge in [-0.15, -0.1) is 17.9 Å². The maximum atomic E-state index is 3.76. The Morgan fingerprint density at radius 3 is 3.07 bits per heavy atom. The van der Waals surface area contributed by atoms with E-state index in [0.29, 0.717) is 6.04 Å². The summed E-state index contributed by atoms with van der Waals surface area (Å²) in [5.41, 5.74) is 0. The Bertz CT molecular complexity index is 241.